The minimum absolute atomic E-state index is 0.614. The van der Waals surface area contributed by atoms with Crippen LogP contribution >= 0.6 is 0 Å². The predicted molar refractivity (Wildman–Crippen MR) is 59.3 cm³/mol. The third-order valence-electron chi connectivity index (χ3n) is 1.99. The van der Waals surface area contributed by atoms with Crippen molar-refractivity contribution in [3.63, 3.8) is 0 Å². The molecule has 0 amide bonds. The molecule has 2 N–H and O–H groups in total. The van der Waals surface area contributed by atoms with E-state index >= 15 is 0 Å². The van der Waals surface area contributed by atoms with Crippen LogP contribution in [0.3, 0.4) is 0 Å². The standard InChI is InChI=1S/C12H19NO/c1-12(2,14)10-13-9-8-11-6-4-3-5-7-11/h3-7,13-14H,8-10H2,1-2H3. The summed E-state index contributed by atoms with van der Waals surface area (Å²) in [5, 5.41) is 12.7. The molecule has 0 radical (unpaired) electrons. The van der Waals surface area contributed by atoms with Gasteiger partial charge in [-0.15, -0.1) is 0 Å². The fraction of sp³-hybridized carbons (Fsp3) is 0.500. The highest BCUT2D eigenvalue weighted by atomic mass is 16.3. The first-order valence-electron chi connectivity index (χ1n) is 5.05. The van der Waals surface area contributed by atoms with Crippen LogP contribution in [0.1, 0.15) is 19.4 Å². The van der Waals surface area contributed by atoms with E-state index in [1.807, 2.05) is 32.0 Å². The molecule has 0 fully saturated rings. The molecule has 14 heavy (non-hydrogen) atoms. The van der Waals surface area contributed by atoms with Gasteiger partial charge >= 0.3 is 0 Å². The second-order valence-corrected chi connectivity index (χ2v) is 4.22. The third kappa shape index (κ3) is 5.00. The van der Waals surface area contributed by atoms with Crippen LogP contribution < -0.4 is 5.32 Å². The van der Waals surface area contributed by atoms with Gasteiger partial charge in [-0.3, -0.25) is 0 Å². The average Bonchev–Trinajstić information content (AvgIpc) is 2.13. The molecule has 1 aromatic rings. The smallest absolute Gasteiger partial charge is 0.0715 e. The molecule has 78 valence electrons. The highest BCUT2D eigenvalue weighted by Gasteiger charge is 2.10. The van der Waals surface area contributed by atoms with E-state index in [1.54, 1.807) is 0 Å². The first-order valence-corrected chi connectivity index (χ1v) is 5.05. The van der Waals surface area contributed by atoms with E-state index in [-0.39, 0.29) is 0 Å². The summed E-state index contributed by atoms with van der Waals surface area (Å²) < 4.78 is 0. The summed E-state index contributed by atoms with van der Waals surface area (Å²) in [5.41, 5.74) is 0.715. The van der Waals surface area contributed by atoms with Gasteiger partial charge in [-0.05, 0) is 32.4 Å². The van der Waals surface area contributed by atoms with Crippen molar-refractivity contribution in [3.05, 3.63) is 35.9 Å². The summed E-state index contributed by atoms with van der Waals surface area (Å²) in [6.45, 7) is 5.17. The third-order valence-corrected chi connectivity index (χ3v) is 1.99. The van der Waals surface area contributed by atoms with E-state index in [0.717, 1.165) is 13.0 Å². The molecule has 0 heterocycles. The van der Waals surface area contributed by atoms with Gasteiger partial charge in [0.1, 0.15) is 0 Å². The van der Waals surface area contributed by atoms with E-state index in [1.165, 1.54) is 5.56 Å². The van der Waals surface area contributed by atoms with E-state index < -0.39 is 5.60 Å². The highest BCUT2D eigenvalue weighted by Crippen LogP contribution is 2.00. The zero-order chi connectivity index (χ0) is 10.4. The van der Waals surface area contributed by atoms with Crippen molar-refractivity contribution >= 4 is 0 Å². The van der Waals surface area contributed by atoms with Crippen LogP contribution in [0, 0.1) is 0 Å². The van der Waals surface area contributed by atoms with Gasteiger partial charge in [0.25, 0.3) is 0 Å². The monoisotopic (exact) mass is 193 g/mol. The second-order valence-electron chi connectivity index (χ2n) is 4.22. The number of aliphatic hydroxyl groups is 1. The minimum Gasteiger partial charge on any atom is -0.389 e. The van der Waals surface area contributed by atoms with Crippen molar-refractivity contribution in [2.24, 2.45) is 0 Å². The Bertz CT molecular complexity index is 251. The van der Waals surface area contributed by atoms with Gasteiger partial charge in [-0.1, -0.05) is 30.3 Å². The van der Waals surface area contributed by atoms with Gasteiger partial charge in [0.2, 0.25) is 0 Å². The molecule has 0 aromatic heterocycles. The van der Waals surface area contributed by atoms with Gasteiger partial charge in [0.15, 0.2) is 0 Å². The van der Waals surface area contributed by atoms with Crippen LogP contribution in [0.2, 0.25) is 0 Å². The number of hydrogen-bond acceptors (Lipinski definition) is 2. The van der Waals surface area contributed by atoms with Crippen LogP contribution in [-0.2, 0) is 6.42 Å². The van der Waals surface area contributed by atoms with Gasteiger partial charge < -0.3 is 10.4 Å². The lowest BCUT2D eigenvalue weighted by Crippen LogP contribution is -2.35. The maximum atomic E-state index is 9.45. The lowest BCUT2D eigenvalue weighted by Gasteiger charge is -2.17. The predicted octanol–water partition coefficient (Wildman–Crippen LogP) is 1.59. The summed E-state index contributed by atoms with van der Waals surface area (Å²) in [6.07, 6.45) is 1.01. The molecule has 0 atom stereocenters. The largest absolute Gasteiger partial charge is 0.389 e. The van der Waals surface area contributed by atoms with Crippen LogP contribution in [0.4, 0.5) is 0 Å². The summed E-state index contributed by atoms with van der Waals surface area (Å²) in [7, 11) is 0. The number of hydrogen-bond donors (Lipinski definition) is 2. The molecule has 0 saturated heterocycles. The first kappa shape index (κ1) is 11.2. The molecule has 2 heteroatoms. The van der Waals surface area contributed by atoms with Crippen LogP contribution in [-0.4, -0.2) is 23.8 Å². The normalized spacial score (nSPS) is 11.6. The summed E-state index contributed by atoms with van der Waals surface area (Å²) >= 11 is 0. The van der Waals surface area contributed by atoms with Gasteiger partial charge in [0, 0.05) is 6.54 Å². The summed E-state index contributed by atoms with van der Waals surface area (Å²) in [4.78, 5) is 0. The average molecular weight is 193 g/mol. The molecule has 0 aliphatic rings. The zero-order valence-corrected chi connectivity index (χ0v) is 8.96. The Morgan fingerprint density at radius 3 is 2.43 bits per heavy atom. The van der Waals surface area contributed by atoms with Crippen LogP contribution in [0.25, 0.3) is 0 Å². The highest BCUT2D eigenvalue weighted by molar-refractivity contribution is 5.14. The Kier molecular flexibility index (Phi) is 4.11. The molecule has 0 unspecified atom stereocenters. The van der Waals surface area contributed by atoms with Crippen molar-refractivity contribution in [2.75, 3.05) is 13.1 Å². The minimum atomic E-state index is -0.614. The first-order chi connectivity index (χ1) is 6.58. The van der Waals surface area contributed by atoms with Gasteiger partial charge in [0.05, 0.1) is 5.60 Å². The van der Waals surface area contributed by atoms with E-state index in [4.69, 9.17) is 0 Å². The fourth-order valence-electron chi connectivity index (χ4n) is 1.27. The fourth-order valence-corrected chi connectivity index (χ4v) is 1.27. The number of rotatable bonds is 5. The SMILES string of the molecule is CC(C)(O)CNCCc1ccccc1. The van der Waals surface area contributed by atoms with E-state index in [2.05, 4.69) is 17.4 Å². The van der Waals surface area contributed by atoms with E-state index in [0.29, 0.717) is 6.54 Å². The molecule has 0 aliphatic carbocycles. The molecule has 0 saturated carbocycles. The van der Waals surface area contributed by atoms with Crippen LogP contribution in [0.15, 0.2) is 30.3 Å². The lowest BCUT2D eigenvalue weighted by molar-refractivity contribution is 0.0801. The Labute approximate surface area is 86.0 Å². The van der Waals surface area contributed by atoms with E-state index in [9.17, 15) is 5.11 Å². The molecular formula is C12H19NO. The molecular weight excluding hydrogens is 174 g/mol. The second kappa shape index (κ2) is 5.13. The molecule has 1 rings (SSSR count). The van der Waals surface area contributed by atoms with Crippen molar-refractivity contribution in [1.82, 2.24) is 5.32 Å². The van der Waals surface area contributed by atoms with Crippen molar-refractivity contribution in [2.45, 2.75) is 25.9 Å². The van der Waals surface area contributed by atoms with Crippen molar-refractivity contribution in [1.29, 1.82) is 0 Å². The van der Waals surface area contributed by atoms with Gasteiger partial charge in [-0.25, -0.2) is 0 Å². The molecule has 2 nitrogen and oxygen atoms in total. The Hall–Kier alpha value is -0.860. The topological polar surface area (TPSA) is 32.3 Å². The quantitative estimate of drug-likeness (QED) is 0.696. The Morgan fingerprint density at radius 1 is 1.21 bits per heavy atom. The van der Waals surface area contributed by atoms with Crippen molar-refractivity contribution < 1.29 is 5.11 Å². The van der Waals surface area contributed by atoms with Crippen LogP contribution in [0.5, 0.6) is 0 Å². The molecule has 0 aliphatic heterocycles. The molecule has 1 aromatic carbocycles. The summed E-state index contributed by atoms with van der Waals surface area (Å²) in [5.74, 6) is 0. The zero-order valence-electron chi connectivity index (χ0n) is 8.96. The summed E-state index contributed by atoms with van der Waals surface area (Å²) in [6, 6.07) is 10.3. The maximum absolute atomic E-state index is 9.45. The van der Waals surface area contributed by atoms with Gasteiger partial charge in [-0.2, -0.15) is 0 Å². The molecule has 0 bridgehead atoms. The molecule has 0 spiro atoms. The Morgan fingerprint density at radius 2 is 1.86 bits per heavy atom. The maximum Gasteiger partial charge on any atom is 0.0715 e. The Balaban J connectivity index is 2.17. The lowest BCUT2D eigenvalue weighted by atomic mass is 10.1. The van der Waals surface area contributed by atoms with Crippen molar-refractivity contribution in [3.8, 4) is 0 Å². The number of benzene rings is 1. The number of nitrogens with one attached hydrogen (secondary N) is 1.